The highest BCUT2D eigenvalue weighted by Crippen LogP contribution is 2.52. The monoisotopic (exact) mass is 413 g/mol. The molecule has 2 aliphatic heterocycles. The fraction of sp³-hybridized carbons (Fsp3) is 0.240. The molecule has 2 N–H and O–H groups in total. The molecule has 156 valence electrons. The molecule has 0 spiro atoms. The Morgan fingerprint density at radius 3 is 2.48 bits per heavy atom. The molecule has 0 saturated heterocycles. The zero-order chi connectivity index (χ0) is 21.6. The maximum absolute atomic E-state index is 13.9. The van der Waals surface area contributed by atoms with E-state index in [2.05, 4.69) is 10.3 Å². The summed E-state index contributed by atoms with van der Waals surface area (Å²) in [6.45, 7) is 2.58. The lowest BCUT2D eigenvalue weighted by Gasteiger charge is -2.39. The van der Waals surface area contributed by atoms with Crippen LogP contribution in [0.2, 0.25) is 0 Å². The van der Waals surface area contributed by atoms with Crippen LogP contribution >= 0.6 is 0 Å². The van der Waals surface area contributed by atoms with Crippen molar-refractivity contribution < 1.29 is 14.7 Å². The molecule has 0 bridgehead atoms. The molecule has 5 rings (SSSR count). The predicted molar refractivity (Wildman–Crippen MR) is 118 cm³/mol. The number of fused-ring (bicyclic) bond motifs is 2. The molecule has 31 heavy (non-hydrogen) atoms. The van der Waals surface area contributed by atoms with Crippen LogP contribution in [0.5, 0.6) is 0 Å². The van der Waals surface area contributed by atoms with E-state index in [-0.39, 0.29) is 12.2 Å². The lowest BCUT2D eigenvalue weighted by Crippen LogP contribution is -2.53. The van der Waals surface area contributed by atoms with Gasteiger partial charge in [-0.25, -0.2) is 0 Å². The van der Waals surface area contributed by atoms with Gasteiger partial charge in [0.2, 0.25) is 0 Å². The van der Waals surface area contributed by atoms with Gasteiger partial charge in [-0.2, -0.15) is 0 Å². The molecule has 0 fully saturated rings. The van der Waals surface area contributed by atoms with E-state index >= 15 is 0 Å². The van der Waals surface area contributed by atoms with Gasteiger partial charge in [0.15, 0.2) is 11.4 Å². The van der Waals surface area contributed by atoms with Gasteiger partial charge >= 0.3 is 0 Å². The first-order chi connectivity index (χ1) is 15.0. The van der Waals surface area contributed by atoms with Gasteiger partial charge in [-0.15, -0.1) is 0 Å². The first-order valence-electron chi connectivity index (χ1n) is 10.4. The van der Waals surface area contributed by atoms with Crippen molar-refractivity contribution in [3.63, 3.8) is 0 Å². The standard InChI is InChI=1S/C25H23N3O3/c1-2-24(16-27-20-9-5-3-7-18(20)24)28-21-10-6-4-8-19(21)25(31,23(28)30)15-22(29)17-11-13-26-14-12-17/h3-14,27,31H,2,15-16H2,1H3. The lowest BCUT2D eigenvalue weighted by molar-refractivity contribution is -0.137. The Morgan fingerprint density at radius 2 is 1.74 bits per heavy atom. The number of benzene rings is 2. The highest BCUT2D eigenvalue weighted by molar-refractivity contribution is 6.12. The number of hydrogen-bond acceptors (Lipinski definition) is 5. The molecular formula is C25H23N3O3. The second kappa shape index (κ2) is 7.03. The van der Waals surface area contributed by atoms with Gasteiger partial charge in [0.25, 0.3) is 5.91 Å². The van der Waals surface area contributed by atoms with Gasteiger partial charge in [-0.1, -0.05) is 43.3 Å². The lowest BCUT2D eigenvalue weighted by atomic mass is 9.86. The van der Waals surface area contributed by atoms with Gasteiger partial charge in [0, 0.05) is 41.3 Å². The highest BCUT2D eigenvalue weighted by atomic mass is 16.3. The van der Waals surface area contributed by atoms with Crippen molar-refractivity contribution in [1.29, 1.82) is 0 Å². The van der Waals surface area contributed by atoms with Gasteiger partial charge < -0.3 is 10.4 Å². The summed E-state index contributed by atoms with van der Waals surface area (Å²) in [5, 5.41) is 15.1. The third-order valence-corrected chi connectivity index (χ3v) is 6.58. The van der Waals surface area contributed by atoms with Crippen LogP contribution in [-0.4, -0.2) is 28.3 Å². The number of Topliss-reactive ketones (excluding diaryl/α,β-unsaturated/α-hetero) is 1. The summed E-state index contributed by atoms with van der Waals surface area (Å²) in [6, 6.07) is 18.4. The molecule has 0 saturated carbocycles. The van der Waals surface area contributed by atoms with Crippen LogP contribution in [0.3, 0.4) is 0 Å². The summed E-state index contributed by atoms with van der Waals surface area (Å²) >= 11 is 0. The number of para-hydroxylation sites is 2. The SMILES string of the molecule is CCC1(N2C(=O)C(O)(CC(=O)c3ccncc3)c3ccccc32)CNc2ccccc21. The molecule has 2 atom stereocenters. The topological polar surface area (TPSA) is 82.5 Å². The van der Waals surface area contributed by atoms with Crippen molar-refractivity contribution in [2.75, 3.05) is 16.8 Å². The largest absolute Gasteiger partial charge is 0.382 e. The van der Waals surface area contributed by atoms with Crippen LogP contribution in [-0.2, 0) is 15.9 Å². The van der Waals surface area contributed by atoms with E-state index in [0.717, 1.165) is 11.3 Å². The maximum Gasteiger partial charge on any atom is 0.265 e. The van der Waals surface area contributed by atoms with Gasteiger partial charge in [-0.3, -0.25) is 19.5 Å². The average Bonchev–Trinajstić information content (AvgIpc) is 3.29. The minimum atomic E-state index is -1.92. The Hall–Kier alpha value is -3.51. The zero-order valence-electron chi connectivity index (χ0n) is 17.2. The van der Waals surface area contributed by atoms with Crippen molar-refractivity contribution >= 4 is 23.1 Å². The summed E-state index contributed by atoms with van der Waals surface area (Å²) in [5.74, 6) is -0.762. The Labute approximate surface area is 180 Å². The first-order valence-corrected chi connectivity index (χ1v) is 10.4. The fourth-order valence-electron chi connectivity index (χ4n) is 4.95. The molecule has 2 unspecified atom stereocenters. The molecule has 2 aromatic carbocycles. The van der Waals surface area contributed by atoms with E-state index in [4.69, 9.17) is 0 Å². The van der Waals surface area contributed by atoms with Crippen LogP contribution < -0.4 is 10.2 Å². The van der Waals surface area contributed by atoms with Gasteiger partial charge in [-0.05, 0) is 30.7 Å². The molecule has 1 aromatic heterocycles. The van der Waals surface area contributed by atoms with Crippen LogP contribution in [0.1, 0.15) is 41.3 Å². The molecule has 1 amide bonds. The number of amides is 1. The highest BCUT2D eigenvalue weighted by Gasteiger charge is 2.58. The van der Waals surface area contributed by atoms with Crippen LogP contribution in [0.4, 0.5) is 11.4 Å². The van der Waals surface area contributed by atoms with E-state index in [9.17, 15) is 14.7 Å². The van der Waals surface area contributed by atoms with Crippen molar-refractivity contribution in [3.05, 3.63) is 89.7 Å². The average molecular weight is 413 g/mol. The second-order valence-electron chi connectivity index (χ2n) is 8.14. The molecule has 2 aliphatic rings. The third kappa shape index (κ3) is 2.72. The van der Waals surface area contributed by atoms with E-state index < -0.39 is 17.0 Å². The summed E-state index contributed by atoms with van der Waals surface area (Å²) < 4.78 is 0. The quantitative estimate of drug-likeness (QED) is 0.625. The number of aliphatic hydroxyl groups is 1. The van der Waals surface area contributed by atoms with Gasteiger partial charge in [0.05, 0.1) is 17.6 Å². The number of pyridine rings is 1. The maximum atomic E-state index is 13.9. The molecule has 6 nitrogen and oxygen atoms in total. The Balaban J connectivity index is 1.62. The van der Waals surface area contributed by atoms with E-state index in [1.54, 1.807) is 29.2 Å². The third-order valence-electron chi connectivity index (χ3n) is 6.58. The molecule has 3 heterocycles. The number of aromatic nitrogens is 1. The molecule has 0 radical (unpaired) electrons. The first kappa shape index (κ1) is 19.5. The molecular weight excluding hydrogens is 390 g/mol. The van der Waals surface area contributed by atoms with Crippen molar-refractivity contribution in [2.45, 2.75) is 30.9 Å². The summed E-state index contributed by atoms with van der Waals surface area (Å²) in [6.07, 6.45) is 3.39. The number of carbonyl (C=O) groups is 2. The van der Waals surface area contributed by atoms with Crippen molar-refractivity contribution in [1.82, 2.24) is 4.98 Å². The van der Waals surface area contributed by atoms with Crippen molar-refractivity contribution in [2.24, 2.45) is 0 Å². The summed E-state index contributed by atoms with van der Waals surface area (Å²) in [5.41, 5.74) is 0.982. The molecule has 0 aliphatic carbocycles. The number of carbonyl (C=O) groups excluding carboxylic acids is 2. The summed E-state index contributed by atoms with van der Waals surface area (Å²) in [7, 11) is 0. The van der Waals surface area contributed by atoms with E-state index in [0.29, 0.717) is 29.8 Å². The number of hydrogen-bond donors (Lipinski definition) is 2. The number of ketones is 1. The normalized spacial score (nSPS) is 23.9. The Morgan fingerprint density at radius 1 is 1.06 bits per heavy atom. The molecule has 3 aromatic rings. The minimum absolute atomic E-state index is 0.301. The number of rotatable bonds is 5. The zero-order valence-corrected chi connectivity index (χ0v) is 17.2. The van der Waals surface area contributed by atoms with E-state index in [1.165, 1.54) is 12.4 Å². The second-order valence-corrected chi connectivity index (χ2v) is 8.14. The fourth-order valence-corrected chi connectivity index (χ4v) is 4.95. The molecule has 6 heteroatoms. The minimum Gasteiger partial charge on any atom is -0.382 e. The Bertz CT molecular complexity index is 1180. The number of nitrogens with zero attached hydrogens (tertiary/aromatic N) is 2. The Kier molecular flexibility index (Phi) is 4.41. The van der Waals surface area contributed by atoms with Crippen LogP contribution in [0, 0.1) is 0 Å². The van der Waals surface area contributed by atoms with Crippen LogP contribution in [0.15, 0.2) is 73.1 Å². The summed E-state index contributed by atoms with van der Waals surface area (Å²) in [4.78, 5) is 32.5. The van der Waals surface area contributed by atoms with Crippen LogP contribution in [0.25, 0.3) is 0 Å². The van der Waals surface area contributed by atoms with Crippen molar-refractivity contribution in [3.8, 4) is 0 Å². The van der Waals surface area contributed by atoms with Gasteiger partial charge in [0.1, 0.15) is 0 Å². The number of nitrogens with one attached hydrogen (secondary N) is 1. The van der Waals surface area contributed by atoms with E-state index in [1.807, 2.05) is 43.3 Å². The smallest absolute Gasteiger partial charge is 0.265 e. The number of anilines is 2. The predicted octanol–water partition coefficient (Wildman–Crippen LogP) is 3.62.